The number of rotatable bonds is 4. The molecular formula is C29H43F2N3O3S. The fourth-order valence-corrected chi connectivity index (χ4v) is 3.61. The van der Waals surface area contributed by atoms with E-state index < -0.39 is 29.5 Å². The number of ether oxygens (including phenoxy) is 1. The Morgan fingerprint density at radius 2 is 1.58 bits per heavy atom. The largest absolute Gasteiger partial charge is 0.393 e. The van der Waals surface area contributed by atoms with Crippen molar-refractivity contribution >= 4 is 30.0 Å². The number of hydrogen-bond acceptors (Lipinski definition) is 5. The zero-order valence-corrected chi connectivity index (χ0v) is 24.2. The van der Waals surface area contributed by atoms with Crippen molar-refractivity contribution in [1.29, 1.82) is 5.41 Å². The highest BCUT2D eigenvalue weighted by molar-refractivity contribution is 7.80. The summed E-state index contributed by atoms with van der Waals surface area (Å²) in [5.41, 5.74) is -2.57. The van der Waals surface area contributed by atoms with E-state index in [-0.39, 0.29) is 30.3 Å². The highest BCUT2D eigenvalue weighted by Gasteiger charge is 2.57. The summed E-state index contributed by atoms with van der Waals surface area (Å²) in [6, 6.07) is 14.0. The fraction of sp³-hybridized carbons (Fsp3) is 0.414. The zero-order chi connectivity index (χ0) is 29.8. The van der Waals surface area contributed by atoms with E-state index in [9.17, 15) is 14.3 Å². The summed E-state index contributed by atoms with van der Waals surface area (Å²) in [6.07, 6.45) is -0.167. The second-order valence-corrected chi connectivity index (χ2v) is 8.20. The number of benzene rings is 2. The number of alkyl halides is 1. The maximum atomic E-state index is 15.8. The standard InChI is InChI=1S/C20H20F2N2O3S.C4H8.2C2H6.CH3N/c21-16-9-5-4-8-15(16)20(13-27-11-10-19(20,22)12-25)24-18(28)23-17(26)14-6-2-1-3-7-14;1-4(2)3;3*1-2/h1-9,25H,10-13H2,(H2,23,24,26,28);1H2,2-3H3;2*1-2H3;2H,1H2/t19-,20-;;;;/m1..../s1. The number of thiocarbonyl (C=S) groups is 1. The van der Waals surface area contributed by atoms with Crippen molar-refractivity contribution in [2.75, 3.05) is 19.8 Å². The number of amides is 1. The fourth-order valence-electron chi connectivity index (χ4n) is 3.35. The molecule has 4 N–H and O–H groups in total. The Hall–Kier alpha value is -3.01. The van der Waals surface area contributed by atoms with Gasteiger partial charge < -0.3 is 20.6 Å². The zero-order valence-electron chi connectivity index (χ0n) is 23.4. The van der Waals surface area contributed by atoms with Gasteiger partial charge in [0.15, 0.2) is 10.8 Å². The topological polar surface area (TPSA) is 94.4 Å². The third kappa shape index (κ3) is 10.8. The molecule has 3 rings (SSSR count). The number of aliphatic hydroxyl groups is 1. The van der Waals surface area contributed by atoms with Gasteiger partial charge in [-0.3, -0.25) is 10.1 Å². The van der Waals surface area contributed by atoms with Crippen LogP contribution in [0.5, 0.6) is 0 Å². The molecule has 38 heavy (non-hydrogen) atoms. The number of aliphatic hydroxyl groups excluding tert-OH is 1. The first-order valence-corrected chi connectivity index (χ1v) is 12.8. The van der Waals surface area contributed by atoms with Crippen molar-refractivity contribution in [3.05, 3.63) is 83.7 Å². The summed E-state index contributed by atoms with van der Waals surface area (Å²) in [5, 5.41) is 20.3. The summed E-state index contributed by atoms with van der Waals surface area (Å²) >= 11 is 5.21. The van der Waals surface area contributed by atoms with Gasteiger partial charge in [0.1, 0.15) is 11.4 Å². The Morgan fingerprint density at radius 1 is 1.08 bits per heavy atom. The average Bonchev–Trinajstić information content (AvgIpc) is 2.94. The molecule has 0 bridgehead atoms. The molecule has 0 spiro atoms. The van der Waals surface area contributed by atoms with Gasteiger partial charge in [0.05, 0.1) is 13.2 Å². The first kappa shape index (κ1) is 37.1. The lowest BCUT2D eigenvalue weighted by atomic mass is 9.73. The minimum atomic E-state index is -2.25. The Labute approximate surface area is 232 Å². The first-order valence-electron chi connectivity index (χ1n) is 12.4. The Morgan fingerprint density at radius 3 is 2.08 bits per heavy atom. The molecule has 1 aliphatic rings. The van der Waals surface area contributed by atoms with E-state index in [4.69, 9.17) is 22.4 Å². The van der Waals surface area contributed by atoms with Crippen LogP contribution >= 0.6 is 12.2 Å². The Bertz CT molecular complexity index is 975. The smallest absolute Gasteiger partial charge is 0.257 e. The minimum Gasteiger partial charge on any atom is -0.393 e. The van der Waals surface area contributed by atoms with Gasteiger partial charge in [-0.2, -0.15) is 0 Å². The molecule has 1 aliphatic heterocycles. The maximum absolute atomic E-state index is 15.8. The quantitative estimate of drug-likeness (QED) is 0.202. The van der Waals surface area contributed by atoms with E-state index in [1.54, 1.807) is 36.4 Å². The van der Waals surface area contributed by atoms with Gasteiger partial charge in [-0.25, -0.2) is 8.78 Å². The van der Waals surface area contributed by atoms with Gasteiger partial charge in [-0.05, 0) is 51.0 Å². The van der Waals surface area contributed by atoms with Crippen LogP contribution in [0.25, 0.3) is 0 Å². The van der Waals surface area contributed by atoms with Crippen LogP contribution in [0.15, 0.2) is 66.7 Å². The molecule has 1 amide bonds. The number of allylic oxidation sites excluding steroid dienone is 1. The highest BCUT2D eigenvalue weighted by Crippen LogP contribution is 2.42. The number of carbonyl (C=O) groups is 1. The molecule has 1 fully saturated rings. The van der Waals surface area contributed by atoms with E-state index in [0.717, 1.165) is 0 Å². The minimum absolute atomic E-state index is 0.0393. The van der Waals surface area contributed by atoms with Gasteiger partial charge in [0.25, 0.3) is 5.91 Å². The summed E-state index contributed by atoms with van der Waals surface area (Å²) in [5.74, 6) is -1.17. The van der Waals surface area contributed by atoms with Gasteiger partial charge in [-0.15, -0.1) is 6.58 Å². The average molecular weight is 552 g/mol. The van der Waals surface area contributed by atoms with Crippen LogP contribution in [0.2, 0.25) is 0 Å². The van der Waals surface area contributed by atoms with Crippen molar-refractivity contribution in [1.82, 2.24) is 10.6 Å². The van der Waals surface area contributed by atoms with Crippen molar-refractivity contribution in [2.24, 2.45) is 0 Å². The lowest BCUT2D eigenvalue weighted by Gasteiger charge is -2.48. The predicted molar refractivity (Wildman–Crippen MR) is 157 cm³/mol. The Balaban J connectivity index is 0. The molecule has 9 heteroatoms. The van der Waals surface area contributed by atoms with E-state index in [2.05, 4.69) is 23.9 Å². The molecule has 2 atom stereocenters. The second kappa shape index (κ2) is 20.0. The van der Waals surface area contributed by atoms with E-state index in [1.165, 1.54) is 23.8 Å². The number of nitrogens with one attached hydrogen (secondary N) is 3. The molecule has 212 valence electrons. The molecule has 0 aliphatic carbocycles. The lowest BCUT2D eigenvalue weighted by Crippen LogP contribution is -2.68. The van der Waals surface area contributed by atoms with Crippen LogP contribution < -0.4 is 10.6 Å². The van der Waals surface area contributed by atoms with Gasteiger partial charge in [-0.1, -0.05) is 69.7 Å². The summed E-state index contributed by atoms with van der Waals surface area (Å²) < 4.78 is 35.8. The molecule has 0 radical (unpaired) electrons. The van der Waals surface area contributed by atoms with Crippen molar-refractivity contribution in [3.63, 3.8) is 0 Å². The van der Waals surface area contributed by atoms with Crippen LogP contribution in [0, 0.1) is 11.2 Å². The molecule has 1 heterocycles. The molecule has 0 saturated carbocycles. The van der Waals surface area contributed by atoms with Crippen LogP contribution in [0.3, 0.4) is 0 Å². The highest BCUT2D eigenvalue weighted by atomic mass is 32.1. The number of halogens is 2. The van der Waals surface area contributed by atoms with Crippen molar-refractivity contribution in [3.8, 4) is 0 Å². The van der Waals surface area contributed by atoms with E-state index in [1.807, 2.05) is 41.5 Å². The third-order valence-electron chi connectivity index (χ3n) is 4.90. The number of carbonyl (C=O) groups excluding carboxylic acids is 1. The summed E-state index contributed by atoms with van der Waals surface area (Å²) in [7, 11) is 0. The Kier molecular flexibility index (Phi) is 19.6. The molecule has 2 aromatic carbocycles. The van der Waals surface area contributed by atoms with Gasteiger partial charge in [0.2, 0.25) is 0 Å². The molecule has 6 nitrogen and oxygen atoms in total. The second-order valence-electron chi connectivity index (χ2n) is 7.79. The first-order chi connectivity index (χ1) is 18.1. The van der Waals surface area contributed by atoms with Gasteiger partial charge in [0, 0.05) is 24.2 Å². The van der Waals surface area contributed by atoms with Crippen LogP contribution in [0.4, 0.5) is 8.78 Å². The monoisotopic (exact) mass is 551 g/mol. The molecule has 0 aromatic heterocycles. The van der Waals surface area contributed by atoms with Crippen molar-refractivity contribution < 1.29 is 23.4 Å². The lowest BCUT2D eigenvalue weighted by molar-refractivity contribution is -0.115. The van der Waals surface area contributed by atoms with Crippen LogP contribution in [-0.4, -0.2) is 48.3 Å². The predicted octanol–water partition coefficient (Wildman–Crippen LogP) is 6.35. The van der Waals surface area contributed by atoms with Gasteiger partial charge >= 0.3 is 0 Å². The summed E-state index contributed by atoms with van der Waals surface area (Å²) in [6.45, 7) is 16.9. The molecular weight excluding hydrogens is 508 g/mol. The SMILES string of the molecule is C=C(C)C.C=N.CC.CC.O=C(NC(=S)N[C@@]1(c2ccccc2F)COCC[C@@]1(F)CO)c1ccccc1. The normalized spacial score (nSPS) is 19.1. The number of hydrogen-bond donors (Lipinski definition) is 4. The third-order valence-corrected chi connectivity index (χ3v) is 5.10. The summed E-state index contributed by atoms with van der Waals surface area (Å²) in [4.78, 5) is 12.3. The molecule has 1 saturated heterocycles. The van der Waals surface area contributed by atoms with E-state index in [0.29, 0.717) is 5.56 Å². The van der Waals surface area contributed by atoms with Crippen LogP contribution in [-0.2, 0) is 10.3 Å². The van der Waals surface area contributed by atoms with Crippen molar-refractivity contribution in [2.45, 2.75) is 59.2 Å². The molecule has 0 unspecified atom stereocenters. The maximum Gasteiger partial charge on any atom is 0.257 e. The van der Waals surface area contributed by atoms with E-state index >= 15 is 4.39 Å². The van der Waals surface area contributed by atoms with Crippen LogP contribution in [0.1, 0.15) is 63.9 Å². The molecule has 2 aromatic rings.